The van der Waals surface area contributed by atoms with Crippen molar-refractivity contribution in [1.82, 2.24) is 0 Å². The van der Waals surface area contributed by atoms with Crippen LogP contribution in [0.5, 0.6) is 0 Å². The molecule has 0 radical (unpaired) electrons. The first-order valence-corrected chi connectivity index (χ1v) is 24.2. The third-order valence-electron chi connectivity index (χ3n) is 9.22. The van der Waals surface area contributed by atoms with Gasteiger partial charge in [0.15, 0.2) is 6.10 Å². The summed E-state index contributed by atoms with van der Waals surface area (Å²) in [5, 5.41) is 0. The first-order valence-electron chi connectivity index (χ1n) is 22.7. The molecular formula is C48H85NO8P+. The molecule has 1 N–H and O–H groups in total. The van der Waals surface area contributed by atoms with Crippen LogP contribution in [0.25, 0.3) is 0 Å². The van der Waals surface area contributed by atoms with E-state index in [2.05, 4.69) is 74.6 Å². The molecule has 334 valence electrons. The lowest BCUT2D eigenvalue weighted by molar-refractivity contribution is -0.870. The number of ether oxygens (including phenoxy) is 2. The second-order valence-corrected chi connectivity index (χ2v) is 17.5. The second-order valence-electron chi connectivity index (χ2n) is 16.1. The zero-order valence-electron chi connectivity index (χ0n) is 37.5. The summed E-state index contributed by atoms with van der Waals surface area (Å²) in [6.45, 7) is 4.27. The van der Waals surface area contributed by atoms with Crippen LogP contribution in [0.1, 0.15) is 168 Å². The molecule has 0 aromatic heterocycles. The fourth-order valence-electron chi connectivity index (χ4n) is 5.64. The van der Waals surface area contributed by atoms with Gasteiger partial charge in [0.05, 0.1) is 27.7 Å². The minimum absolute atomic E-state index is 0.0125. The van der Waals surface area contributed by atoms with E-state index < -0.39 is 32.5 Å². The Labute approximate surface area is 355 Å². The highest BCUT2D eigenvalue weighted by atomic mass is 31.2. The van der Waals surface area contributed by atoms with Crippen LogP contribution in [-0.4, -0.2) is 74.9 Å². The number of allylic oxidation sites excluding steroid dienone is 12. The van der Waals surface area contributed by atoms with Crippen molar-refractivity contribution < 1.29 is 42.1 Å². The number of carbonyl (C=O) groups excluding carboxylic acids is 2. The lowest BCUT2D eigenvalue weighted by Crippen LogP contribution is -2.37. The van der Waals surface area contributed by atoms with Gasteiger partial charge in [-0.15, -0.1) is 0 Å². The van der Waals surface area contributed by atoms with E-state index in [9.17, 15) is 19.0 Å². The quantitative estimate of drug-likeness (QED) is 0.0214. The Balaban J connectivity index is 4.52. The average molecular weight is 835 g/mol. The molecule has 0 bridgehead atoms. The lowest BCUT2D eigenvalue weighted by atomic mass is 10.1. The fraction of sp³-hybridized carbons (Fsp3) is 0.708. The first-order chi connectivity index (χ1) is 28.0. The van der Waals surface area contributed by atoms with Crippen molar-refractivity contribution in [3.63, 3.8) is 0 Å². The molecule has 58 heavy (non-hydrogen) atoms. The van der Waals surface area contributed by atoms with E-state index in [4.69, 9.17) is 18.5 Å². The van der Waals surface area contributed by atoms with Gasteiger partial charge < -0.3 is 18.9 Å². The highest BCUT2D eigenvalue weighted by Gasteiger charge is 2.27. The van der Waals surface area contributed by atoms with Crippen LogP contribution in [0, 0.1) is 0 Å². The van der Waals surface area contributed by atoms with Gasteiger partial charge in [0.25, 0.3) is 0 Å². The van der Waals surface area contributed by atoms with E-state index in [0.29, 0.717) is 23.9 Å². The molecule has 2 atom stereocenters. The summed E-state index contributed by atoms with van der Waals surface area (Å²) < 4.78 is 34.2. The number of likely N-dealkylation sites (N-methyl/N-ethyl adjacent to an activating group) is 1. The zero-order chi connectivity index (χ0) is 42.8. The van der Waals surface area contributed by atoms with E-state index in [1.54, 1.807) is 0 Å². The van der Waals surface area contributed by atoms with Gasteiger partial charge in [-0.1, -0.05) is 151 Å². The average Bonchev–Trinajstić information content (AvgIpc) is 3.17. The predicted molar refractivity (Wildman–Crippen MR) is 242 cm³/mol. The Bertz CT molecular complexity index is 1220. The van der Waals surface area contributed by atoms with E-state index >= 15 is 0 Å². The number of phosphoric acid groups is 1. The highest BCUT2D eigenvalue weighted by molar-refractivity contribution is 7.47. The number of unbranched alkanes of at least 4 members (excludes halogenated alkanes) is 14. The van der Waals surface area contributed by atoms with Gasteiger partial charge in [-0.3, -0.25) is 18.6 Å². The topological polar surface area (TPSA) is 108 Å². The van der Waals surface area contributed by atoms with Crippen molar-refractivity contribution in [1.29, 1.82) is 0 Å². The third kappa shape index (κ3) is 43.0. The number of quaternary nitrogens is 1. The standard InChI is InChI=1S/C48H84NO8P/c1-6-8-10-12-14-16-18-20-22-23-24-25-27-29-31-33-35-37-39-41-48(51)57-46(45-56-58(52,53)55-43-42-49(3,4)5)44-54-47(50)40-38-36-34-32-30-28-26-21-19-17-15-13-11-9-7-2/h14,16,20,22,24-25,29-32,35,37,46H,6-13,15,17-19,21,23,26-28,33-34,36,38-45H2,1-5H3/p+1/b16-14+,22-20+,25-24+,31-29+,32-30+,37-35+/t46-/m1/s1. The van der Waals surface area contributed by atoms with Crippen molar-refractivity contribution in [3.8, 4) is 0 Å². The van der Waals surface area contributed by atoms with Crippen molar-refractivity contribution >= 4 is 19.8 Å². The lowest BCUT2D eigenvalue weighted by Gasteiger charge is -2.24. The molecule has 0 saturated carbocycles. The Morgan fingerprint density at radius 1 is 0.534 bits per heavy atom. The predicted octanol–water partition coefficient (Wildman–Crippen LogP) is 13.0. The molecule has 0 heterocycles. The number of hydrogen-bond acceptors (Lipinski definition) is 7. The smallest absolute Gasteiger partial charge is 0.462 e. The molecule has 0 fully saturated rings. The molecule has 0 aromatic carbocycles. The normalized spacial score (nSPS) is 14.2. The van der Waals surface area contributed by atoms with Gasteiger partial charge in [-0.2, -0.15) is 0 Å². The number of rotatable bonds is 40. The Morgan fingerprint density at radius 3 is 1.50 bits per heavy atom. The maximum atomic E-state index is 12.7. The maximum absolute atomic E-state index is 12.7. The van der Waals surface area contributed by atoms with Crippen molar-refractivity contribution in [2.24, 2.45) is 0 Å². The van der Waals surface area contributed by atoms with Crippen molar-refractivity contribution in [2.75, 3.05) is 47.5 Å². The molecule has 0 aliphatic carbocycles. The van der Waals surface area contributed by atoms with Crippen LogP contribution >= 0.6 is 7.82 Å². The maximum Gasteiger partial charge on any atom is 0.472 e. The number of nitrogens with zero attached hydrogens (tertiary/aromatic N) is 1. The van der Waals surface area contributed by atoms with Crippen LogP contribution in [0.15, 0.2) is 72.9 Å². The van der Waals surface area contributed by atoms with Gasteiger partial charge in [-0.05, 0) is 77.0 Å². The summed E-state index contributed by atoms with van der Waals surface area (Å²) in [7, 11) is 1.41. The number of phosphoric ester groups is 1. The summed E-state index contributed by atoms with van der Waals surface area (Å²) in [6, 6.07) is 0. The molecule has 0 rings (SSSR count). The van der Waals surface area contributed by atoms with Crippen LogP contribution in [0.3, 0.4) is 0 Å². The van der Waals surface area contributed by atoms with Crippen molar-refractivity contribution in [3.05, 3.63) is 72.9 Å². The number of esters is 2. The summed E-state index contributed by atoms with van der Waals surface area (Å²) in [5.41, 5.74) is 0. The van der Waals surface area contributed by atoms with Gasteiger partial charge in [-0.25, -0.2) is 4.57 Å². The van der Waals surface area contributed by atoms with Gasteiger partial charge in [0, 0.05) is 12.8 Å². The molecule has 0 aliphatic rings. The number of hydrogen-bond donors (Lipinski definition) is 1. The SMILES string of the molecule is CCCCC/C=C/C/C=C/C/C=C/C/C=C/C/C=C/CCC(=O)O[C@H](COC(=O)CCCC/C=C/CCCCCCCCCCC)COP(=O)(O)OCC[N+](C)(C)C. The fourth-order valence-corrected chi connectivity index (χ4v) is 6.38. The van der Waals surface area contributed by atoms with Crippen molar-refractivity contribution in [2.45, 2.75) is 174 Å². The summed E-state index contributed by atoms with van der Waals surface area (Å²) >= 11 is 0. The molecule has 0 amide bonds. The monoisotopic (exact) mass is 835 g/mol. The summed E-state index contributed by atoms with van der Waals surface area (Å²) in [5.74, 6) is -0.925. The van der Waals surface area contributed by atoms with E-state index in [0.717, 1.165) is 44.9 Å². The van der Waals surface area contributed by atoms with E-state index in [1.165, 1.54) is 83.5 Å². The number of carbonyl (C=O) groups is 2. The van der Waals surface area contributed by atoms with Crippen LogP contribution in [-0.2, 0) is 32.7 Å². The molecular weight excluding hydrogens is 750 g/mol. The molecule has 9 nitrogen and oxygen atoms in total. The second kappa shape index (κ2) is 39.9. The van der Waals surface area contributed by atoms with E-state index in [1.807, 2.05) is 33.3 Å². The van der Waals surface area contributed by atoms with E-state index in [-0.39, 0.29) is 26.1 Å². The van der Waals surface area contributed by atoms with Crippen LogP contribution in [0.2, 0.25) is 0 Å². The molecule has 0 aromatic rings. The molecule has 0 aliphatic heterocycles. The third-order valence-corrected chi connectivity index (χ3v) is 10.2. The van der Waals surface area contributed by atoms with Gasteiger partial charge in [0.2, 0.25) is 0 Å². The Hall–Kier alpha value is -2.55. The largest absolute Gasteiger partial charge is 0.472 e. The molecule has 1 unspecified atom stereocenters. The summed E-state index contributed by atoms with van der Waals surface area (Å²) in [6.07, 6.45) is 49.7. The minimum atomic E-state index is -4.40. The van der Waals surface area contributed by atoms with Gasteiger partial charge >= 0.3 is 19.8 Å². The Kier molecular flexibility index (Phi) is 38.1. The van der Waals surface area contributed by atoms with Gasteiger partial charge in [0.1, 0.15) is 19.8 Å². The Morgan fingerprint density at radius 2 is 0.966 bits per heavy atom. The summed E-state index contributed by atoms with van der Waals surface area (Å²) in [4.78, 5) is 35.3. The first kappa shape index (κ1) is 55.5. The molecule has 0 saturated heterocycles. The molecule has 0 spiro atoms. The minimum Gasteiger partial charge on any atom is -0.462 e. The highest BCUT2D eigenvalue weighted by Crippen LogP contribution is 2.43. The van der Waals surface area contributed by atoms with Crippen LogP contribution < -0.4 is 0 Å². The van der Waals surface area contributed by atoms with Crippen LogP contribution in [0.4, 0.5) is 0 Å². The zero-order valence-corrected chi connectivity index (χ0v) is 38.4. The molecule has 10 heteroatoms.